The first-order chi connectivity index (χ1) is 28.8. The molecule has 3 fully saturated rings. The summed E-state index contributed by atoms with van der Waals surface area (Å²) >= 11 is 0. The minimum absolute atomic E-state index is 0.0997. The average Bonchev–Trinajstić information content (AvgIpc) is 3.92. The molecule has 13 nitrogen and oxygen atoms in total. The number of benzene rings is 2. The van der Waals surface area contributed by atoms with Gasteiger partial charge in [-0.15, -0.1) is 0 Å². The highest BCUT2D eigenvalue weighted by Gasteiger charge is 2.81. The number of aryl methyl sites for hydroxylation is 1. The van der Waals surface area contributed by atoms with Gasteiger partial charge in [0.1, 0.15) is 5.41 Å². The molecule has 2 saturated heterocycles. The van der Waals surface area contributed by atoms with Gasteiger partial charge < -0.3 is 34.3 Å². The SMILES string of the molecule is CCc1cc2c(cc1[C@@]1(C(=O)OC)C[C@@H]3CN(CCc4c1[nH]c1ccccc41)C[C@](O)(CC)C3)[C@@]13CCN4CC=C[C@@](CC)([C@@H](OC(C)=O)[C@](O)(C(=O)OC)[C@@H]1N2C=O)[C@H]43. The van der Waals surface area contributed by atoms with E-state index in [-0.39, 0.29) is 5.92 Å². The number of anilines is 1. The molecule has 1 saturated carbocycles. The van der Waals surface area contributed by atoms with Crippen LogP contribution in [0, 0.1) is 11.3 Å². The molecule has 6 heterocycles. The number of para-hydroxylation sites is 1. The predicted octanol–water partition coefficient (Wildman–Crippen LogP) is 4.07. The molecule has 0 radical (unpaired) electrons. The number of rotatable bonds is 8. The number of hydrogen-bond acceptors (Lipinski definition) is 11. The normalized spacial score (nSPS) is 36.5. The smallest absolute Gasteiger partial charge is 0.344 e. The van der Waals surface area contributed by atoms with E-state index in [1.165, 1.54) is 26.0 Å². The van der Waals surface area contributed by atoms with Gasteiger partial charge in [0.2, 0.25) is 12.0 Å². The number of aromatic amines is 1. The summed E-state index contributed by atoms with van der Waals surface area (Å²) in [6, 6.07) is 10.5. The fraction of sp³-hybridized carbons (Fsp3) is 0.574. The highest BCUT2D eigenvalue weighted by molar-refractivity contribution is 5.96. The number of ether oxygens (including phenoxy) is 3. The van der Waals surface area contributed by atoms with Gasteiger partial charge in [0.25, 0.3) is 0 Å². The fourth-order valence-corrected chi connectivity index (χ4v) is 13.6. The highest BCUT2D eigenvalue weighted by Crippen LogP contribution is 2.68. The van der Waals surface area contributed by atoms with E-state index < -0.39 is 63.5 Å². The maximum atomic E-state index is 15.4. The number of aliphatic hydroxyl groups is 2. The van der Waals surface area contributed by atoms with Gasteiger partial charge in [0.05, 0.1) is 25.9 Å². The second-order valence-electron chi connectivity index (χ2n) is 18.4. The number of amides is 1. The first kappa shape index (κ1) is 40.8. The van der Waals surface area contributed by atoms with Crippen LogP contribution in [0.2, 0.25) is 0 Å². The van der Waals surface area contributed by atoms with Crippen molar-refractivity contribution in [1.29, 1.82) is 0 Å². The van der Waals surface area contributed by atoms with E-state index in [9.17, 15) is 24.6 Å². The molecule has 6 aliphatic rings. The lowest BCUT2D eigenvalue weighted by molar-refractivity contribution is -0.228. The van der Waals surface area contributed by atoms with Crippen molar-refractivity contribution in [3.05, 3.63) is 76.5 Å². The Morgan fingerprint density at radius 3 is 2.42 bits per heavy atom. The van der Waals surface area contributed by atoms with E-state index in [1.807, 2.05) is 57.2 Å². The molecule has 1 spiro atoms. The third-order valence-electron chi connectivity index (χ3n) is 15.8. The molecule has 9 rings (SSSR count). The first-order valence-corrected chi connectivity index (χ1v) is 21.7. The highest BCUT2D eigenvalue weighted by atomic mass is 16.6. The maximum absolute atomic E-state index is 15.4. The van der Waals surface area contributed by atoms with Gasteiger partial charge in [-0.3, -0.25) is 24.2 Å². The molecule has 60 heavy (non-hydrogen) atoms. The molecular formula is C47H58N4O9. The summed E-state index contributed by atoms with van der Waals surface area (Å²) in [5.41, 5.74) is -1.46. The summed E-state index contributed by atoms with van der Waals surface area (Å²) in [7, 11) is 2.63. The van der Waals surface area contributed by atoms with Crippen LogP contribution >= 0.6 is 0 Å². The van der Waals surface area contributed by atoms with Gasteiger partial charge in [-0.25, -0.2) is 4.79 Å². The number of esters is 3. The molecule has 2 bridgehead atoms. The van der Waals surface area contributed by atoms with E-state index in [2.05, 4.69) is 26.9 Å². The quantitative estimate of drug-likeness (QED) is 0.130. The summed E-state index contributed by atoms with van der Waals surface area (Å²) in [5.74, 6) is -2.19. The maximum Gasteiger partial charge on any atom is 0.344 e. The Bertz CT molecular complexity index is 2310. The van der Waals surface area contributed by atoms with Crippen molar-refractivity contribution >= 4 is 40.9 Å². The predicted molar refractivity (Wildman–Crippen MR) is 223 cm³/mol. The van der Waals surface area contributed by atoms with Crippen molar-refractivity contribution in [2.24, 2.45) is 11.3 Å². The number of nitrogens with one attached hydrogen (secondary N) is 1. The van der Waals surface area contributed by atoms with Crippen molar-refractivity contribution in [3.63, 3.8) is 0 Å². The van der Waals surface area contributed by atoms with E-state index in [1.54, 1.807) is 0 Å². The number of carbonyl (C=O) groups excluding carboxylic acids is 4. The van der Waals surface area contributed by atoms with Crippen LogP contribution in [0.25, 0.3) is 10.9 Å². The molecule has 1 amide bonds. The molecule has 1 aliphatic carbocycles. The summed E-state index contributed by atoms with van der Waals surface area (Å²) in [4.78, 5) is 66.5. The number of carbonyl (C=O) groups is 4. The van der Waals surface area contributed by atoms with Crippen LogP contribution < -0.4 is 4.90 Å². The zero-order chi connectivity index (χ0) is 42.6. The Balaban J connectivity index is 1.38. The van der Waals surface area contributed by atoms with E-state index in [0.29, 0.717) is 89.8 Å². The molecule has 2 aromatic carbocycles. The van der Waals surface area contributed by atoms with Gasteiger partial charge in [-0.1, -0.05) is 57.2 Å². The van der Waals surface area contributed by atoms with E-state index in [0.717, 1.165) is 38.9 Å². The van der Waals surface area contributed by atoms with Crippen molar-refractivity contribution in [2.45, 2.75) is 113 Å². The first-order valence-electron chi connectivity index (χ1n) is 21.7. The number of methoxy groups -OCH3 is 2. The molecule has 5 aliphatic heterocycles. The topological polar surface area (TPSA) is 162 Å². The number of hydrogen-bond donors (Lipinski definition) is 3. The number of aromatic nitrogens is 1. The molecule has 10 atom stereocenters. The third-order valence-corrected chi connectivity index (χ3v) is 15.8. The lowest BCUT2D eigenvalue weighted by atomic mass is 9.47. The molecule has 3 aromatic rings. The number of piperidine rings is 1. The Hall–Kier alpha value is -4.56. The minimum atomic E-state index is -2.49. The minimum Gasteiger partial charge on any atom is -0.468 e. The molecule has 320 valence electrons. The molecule has 3 N–H and O–H groups in total. The summed E-state index contributed by atoms with van der Waals surface area (Å²) in [5, 5.41) is 26.3. The van der Waals surface area contributed by atoms with Crippen LogP contribution in [-0.4, -0.2) is 126 Å². The van der Waals surface area contributed by atoms with Gasteiger partial charge >= 0.3 is 17.9 Å². The Morgan fingerprint density at radius 2 is 1.73 bits per heavy atom. The number of fused-ring (bicyclic) bond motifs is 6. The molecule has 1 unspecified atom stereocenters. The monoisotopic (exact) mass is 822 g/mol. The third kappa shape index (κ3) is 5.24. The van der Waals surface area contributed by atoms with Crippen LogP contribution in [0.1, 0.15) is 87.7 Å². The van der Waals surface area contributed by atoms with Crippen LogP contribution in [0.5, 0.6) is 0 Å². The largest absolute Gasteiger partial charge is 0.468 e. The molecular weight excluding hydrogens is 765 g/mol. The average molecular weight is 823 g/mol. The second kappa shape index (κ2) is 14.3. The molecule has 1 aromatic heterocycles. The summed E-state index contributed by atoms with van der Waals surface area (Å²) in [6.45, 7) is 10.4. The fourth-order valence-electron chi connectivity index (χ4n) is 13.6. The Labute approximate surface area is 351 Å². The van der Waals surface area contributed by atoms with Crippen LogP contribution in [0.3, 0.4) is 0 Å². The second-order valence-corrected chi connectivity index (χ2v) is 18.4. The van der Waals surface area contributed by atoms with Gasteiger partial charge in [0.15, 0.2) is 6.10 Å². The van der Waals surface area contributed by atoms with E-state index >= 15 is 4.79 Å². The van der Waals surface area contributed by atoms with Crippen LogP contribution in [-0.2, 0) is 57.1 Å². The lowest BCUT2D eigenvalue weighted by Crippen LogP contribution is -2.81. The van der Waals surface area contributed by atoms with Crippen molar-refractivity contribution in [1.82, 2.24) is 14.8 Å². The van der Waals surface area contributed by atoms with Crippen molar-refractivity contribution in [3.8, 4) is 0 Å². The Morgan fingerprint density at radius 1 is 0.967 bits per heavy atom. The zero-order valence-corrected chi connectivity index (χ0v) is 35.6. The van der Waals surface area contributed by atoms with E-state index in [4.69, 9.17) is 14.2 Å². The molecule has 13 heteroatoms. The lowest BCUT2D eigenvalue weighted by Gasteiger charge is -2.63. The number of H-pyrrole nitrogens is 1. The summed E-state index contributed by atoms with van der Waals surface area (Å²) < 4.78 is 17.5. The van der Waals surface area contributed by atoms with Crippen molar-refractivity contribution < 1.29 is 43.6 Å². The summed E-state index contributed by atoms with van der Waals surface area (Å²) in [6.07, 6.45) is 6.69. The van der Waals surface area contributed by atoms with Gasteiger partial charge in [-0.05, 0) is 91.8 Å². The number of nitrogens with zero attached hydrogens (tertiary/aromatic N) is 3. The van der Waals surface area contributed by atoms with Gasteiger partial charge in [0, 0.05) is 72.3 Å². The van der Waals surface area contributed by atoms with Crippen molar-refractivity contribution in [2.75, 3.05) is 51.8 Å². The van der Waals surface area contributed by atoms with Crippen LogP contribution in [0.15, 0.2) is 48.6 Å². The van der Waals surface area contributed by atoms with Crippen LogP contribution in [0.4, 0.5) is 5.69 Å². The van der Waals surface area contributed by atoms with Gasteiger partial charge in [-0.2, -0.15) is 0 Å². The Kier molecular flexibility index (Phi) is 9.70. The zero-order valence-electron chi connectivity index (χ0n) is 35.6. The standard InChI is InChI=1S/C47H58N4O9/c1-7-30-21-36-34(45-17-20-50-18-12-16-44(9-3,38(45)50)40(60-28(4)53)47(57,42(55)59-6)39(45)51(36)27-52)22-33(30)46(41(54)58-5)24-29-23-43(56,8-2)26-49(25-29)19-15-32-31-13-10-11-14-35(31)48-37(32)46/h10-14,16,21-22,27,29,38-40,48,56-57H,7-9,15,17-20,23-26H2,1-6H3/t29-,38+,39-,40-,43+,44-,45-,46+,47+/m1/s1.